The summed E-state index contributed by atoms with van der Waals surface area (Å²) < 4.78 is 11.3. The van der Waals surface area contributed by atoms with E-state index in [0.717, 1.165) is 61.7 Å². The van der Waals surface area contributed by atoms with Crippen LogP contribution in [0.4, 0.5) is 5.82 Å². The van der Waals surface area contributed by atoms with Gasteiger partial charge in [-0.1, -0.05) is 29.8 Å². The monoisotopic (exact) mass is 416 g/mol. The van der Waals surface area contributed by atoms with Gasteiger partial charge >= 0.3 is 0 Å². The van der Waals surface area contributed by atoms with Crippen LogP contribution in [0, 0.1) is 6.92 Å². The lowest BCUT2D eigenvalue weighted by Crippen LogP contribution is -2.39. The Bertz CT molecular complexity index is 1170. The predicted octanol–water partition coefficient (Wildman–Crippen LogP) is 3.40. The molecule has 0 bridgehead atoms. The number of ether oxygens (including phenoxy) is 1. The van der Waals surface area contributed by atoms with Crippen LogP contribution in [0.2, 0.25) is 0 Å². The Balaban J connectivity index is 1.41. The molecular formula is C23H24N6O2. The number of para-hydroxylation sites is 1. The van der Waals surface area contributed by atoms with Crippen molar-refractivity contribution < 1.29 is 9.15 Å². The average Bonchev–Trinajstić information content (AvgIpc) is 3.30. The van der Waals surface area contributed by atoms with Crippen LogP contribution < -0.4 is 5.32 Å². The first-order valence-corrected chi connectivity index (χ1v) is 10.5. The maximum atomic E-state index is 5.90. The van der Waals surface area contributed by atoms with Gasteiger partial charge in [0, 0.05) is 37.1 Å². The largest absolute Gasteiger partial charge is 0.413 e. The molecular weight excluding hydrogens is 392 g/mol. The third-order valence-electron chi connectivity index (χ3n) is 5.34. The number of nitrogens with zero attached hydrogens (tertiary/aromatic N) is 5. The van der Waals surface area contributed by atoms with Crippen molar-refractivity contribution in [3.63, 3.8) is 0 Å². The molecule has 1 saturated heterocycles. The molecule has 0 unspecified atom stereocenters. The minimum absolute atomic E-state index is 0.303. The Hall–Kier alpha value is -3.36. The van der Waals surface area contributed by atoms with Crippen LogP contribution >= 0.6 is 0 Å². The summed E-state index contributed by atoms with van der Waals surface area (Å²) in [6.07, 6.45) is 0. The molecule has 0 saturated carbocycles. The smallest absolute Gasteiger partial charge is 0.286 e. The van der Waals surface area contributed by atoms with Gasteiger partial charge in [-0.25, -0.2) is 9.97 Å². The van der Waals surface area contributed by atoms with Crippen molar-refractivity contribution in [1.29, 1.82) is 0 Å². The summed E-state index contributed by atoms with van der Waals surface area (Å²) in [7, 11) is 0. The number of rotatable bonds is 6. The quantitative estimate of drug-likeness (QED) is 0.512. The Labute approximate surface area is 180 Å². The van der Waals surface area contributed by atoms with E-state index in [2.05, 4.69) is 25.4 Å². The molecule has 0 aliphatic carbocycles. The van der Waals surface area contributed by atoms with Crippen molar-refractivity contribution in [1.82, 2.24) is 25.1 Å². The van der Waals surface area contributed by atoms with Gasteiger partial charge in [0.05, 0.1) is 18.7 Å². The van der Waals surface area contributed by atoms with Crippen molar-refractivity contribution >= 4 is 16.7 Å². The van der Waals surface area contributed by atoms with Crippen LogP contribution in [0.3, 0.4) is 0 Å². The second kappa shape index (κ2) is 8.79. The molecule has 3 heterocycles. The molecule has 0 spiro atoms. The zero-order chi connectivity index (χ0) is 21.0. The van der Waals surface area contributed by atoms with Gasteiger partial charge in [0.1, 0.15) is 5.82 Å². The van der Waals surface area contributed by atoms with Crippen molar-refractivity contribution in [3.05, 3.63) is 54.1 Å². The van der Waals surface area contributed by atoms with E-state index in [-0.39, 0.29) is 0 Å². The number of aromatic nitrogens is 4. The molecule has 2 aromatic carbocycles. The van der Waals surface area contributed by atoms with Crippen LogP contribution in [0.25, 0.3) is 34.1 Å². The maximum Gasteiger partial charge on any atom is 0.286 e. The number of fused-ring (bicyclic) bond motifs is 1. The average molecular weight is 416 g/mol. The minimum atomic E-state index is 0.303. The number of aryl methyl sites for hydroxylation is 1. The molecule has 1 aliphatic heterocycles. The first kappa shape index (κ1) is 19.6. The number of benzene rings is 2. The minimum Gasteiger partial charge on any atom is -0.413 e. The van der Waals surface area contributed by atoms with E-state index >= 15 is 0 Å². The lowest BCUT2D eigenvalue weighted by molar-refractivity contribution is 0.0398. The van der Waals surface area contributed by atoms with Crippen molar-refractivity contribution in [2.75, 3.05) is 44.7 Å². The summed E-state index contributed by atoms with van der Waals surface area (Å²) in [6, 6.07) is 15.9. The summed E-state index contributed by atoms with van der Waals surface area (Å²) in [5, 5.41) is 12.8. The number of nitrogens with one attached hydrogen (secondary N) is 1. The van der Waals surface area contributed by atoms with Crippen LogP contribution in [-0.4, -0.2) is 64.5 Å². The highest BCUT2D eigenvalue weighted by atomic mass is 16.5. The van der Waals surface area contributed by atoms with E-state index in [4.69, 9.17) is 14.1 Å². The zero-order valence-electron chi connectivity index (χ0n) is 17.4. The van der Waals surface area contributed by atoms with Gasteiger partial charge in [-0.05, 0) is 31.2 Å². The molecule has 0 radical (unpaired) electrons. The third kappa shape index (κ3) is 4.40. The molecule has 158 valence electrons. The van der Waals surface area contributed by atoms with Crippen LogP contribution in [-0.2, 0) is 4.74 Å². The van der Waals surface area contributed by atoms with E-state index < -0.39 is 0 Å². The van der Waals surface area contributed by atoms with E-state index in [1.165, 1.54) is 5.56 Å². The van der Waals surface area contributed by atoms with Crippen LogP contribution in [0.15, 0.2) is 52.9 Å². The lowest BCUT2D eigenvalue weighted by atomic mass is 10.1. The Morgan fingerprint density at radius 3 is 2.55 bits per heavy atom. The molecule has 31 heavy (non-hydrogen) atoms. The highest BCUT2D eigenvalue weighted by Gasteiger charge is 2.16. The van der Waals surface area contributed by atoms with Gasteiger partial charge in [-0.15, -0.1) is 10.2 Å². The van der Waals surface area contributed by atoms with Crippen molar-refractivity contribution in [2.45, 2.75) is 6.92 Å². The van der Waals surface area contributed by atoms with Crippen molar-refractivity contribution in [3.8, 4) is 23.2 Å². The molecule has 4 aromatic rings. The normalized spacial score (nSPS) is 14.7. The SMILES string of the molecule is Cc1ccc(-c2nnc(-c3nc(NCCN4CCOCC4)c4ccccc4n3)o2)cc1. The molecule has 0 amide bonds. The second-order valence-electron chi connectivity index (χ2n) is 7.57. The van der Waals surface area contributed by atoms with E-state index in [9.17, 15) is 0 Å². The molecule has 1 aliphatic rings. The van der Waals surface area contributed by atoms with Gasteiger partial charge in [0.2, 0.25) is 11.7 Å². The zero-order valence-corrected chi connectivity index (χ0v) is 17.4. The topological polar surface area (TPSA) is 89.2 Å². The van der Waals surface area contributed by atoms with E-state index in [0.29, 0.717) is 17.6 Å². The number of anilines is 1. The summed E-state index contributed by atoms with van der Waals surface area (Å²) in [6.45, 7) is 7.25. The molecule has 8 nitrogen and oxygen atoms in total. The molecule has 2 aromatic heterocycles. The molecule has 5 rings (SSSR count). The van der Waals surface area contributed by atoms with E-state index in [1.54, 1.807) is 0 Å². The Morgan fingerprint density at radius 1 is 0.935 bits per heavy atom. The first-order chi connectivity index (χ1) is 15.3. The lowest BCUT2D eigenvalue weighted by Gasteiger charge is -2.26. The second-order valence-corrected chi connectivity index (χ2v) is 7.57. The van der Waals surface area contributed by atoms with Gasteiger partial charge in [-0.2, -0.15) is 0 Å². The van der Waals surface area contributed by atoms with Gasteiger partial charge < -0.3 is 14.5 Å². The standard InChI is InChI=1S/C23H24N6O2/c1-16-6-8-17(9-7-16)22-27-28-23(31-22)21-25-19-5-3-2-4-18(19)20(26-21)24-10-11-29-12-14-30-15-13-29/h2-9H,10-15H2,1H3,(H,24,25,26). The van der Waals surface area contributed by atoms with Crippen molar-refractivity contribution in [2.24, 2.45) is 0 Å². The van der Waals surface area contributed by atoms with Gasteiger partial charge in [0.25, 0.3) is 5.89 Å². The molecule has 1 fully saturated rings. The Kier molecular flexibility index (Phi) is 5.56. The fourth-order valence-corrected chi connectivity index (χ4v) is 3.59. The number of hydrogen-bond acceptors (Lipinski definition) is 8. The van der Waals surface area contributed by atoms with Crippen LogP contribution in [0.5, 0.6) is 0 Å². The molecule has 1 N–H and O–H groups in total. The predicted molar refractivity (Wildman–Crippen MR) is 119 cm³/mol. The maximum absolute atomic E-state index is 5.90. The van der Waals surface area contributed by atoms with Gasteiger partial charge in [0.15, 0.2) is 0 Å². The number of hydrogen-bond donors (Lipinski definition) is 1. The van der Waals surface area contributed by atoms with Gasteiger partial charge in [-0.3, -0.25) is 4.90 Å². The fourth-order valence-electron chi connectivity index (χ4n) is 3.59. The summed E-state index contributed by atoms with van der Waals surface area (Å²) in [5.41, 5.74) is 2.87. The molecule has 0 atom stereocenters. The summed E-state index contributed by atoms with van der Waals surface area (Å²) in [5.74, 6) is 1.94. The highest BCUT2D eigenvalue weighted by molar-refractivity contribution is 5.90. The van der Waals surface area contributed by atoms with E-state index in [1.807, 2.05) is 55.5 Å². The van der Waals surface area contributed by atoms with Crippen LogP contribution in [0.1, 0.15) is 5.56 Å². The summed E-state index contributed by atoms with van der Waals surface area (Å²) >= 11 is 0. The summed E-state index contributed by atoms with van der Waals surface area (Å²) in [4.78, 5) is 11.7. The Morgan fingerprint density at radius 2 is 1.71 bits per heavy atom. The number of morpholine rings is 1. The highest BCUT2D eigenvalue weighted by Crippen LogP contribution is 2.26. The fraction of sp³-hybridized carbons (Fsp3) is 0.304. The third-order valence-corrected chi connectivity index (χ3v) is 5.34. The molecule has 8 heteroatoms. The first-order valence-electron chi connectivity index (χ1n) is 10.5.